The number of fused-ring (bicyclic) bond motifs is 1. The molecule has 0 saturated carbocycles. The number of nitrogens with one attached hydrogen (secondary N) is 1. The van der Waals surface area contributed by atoms with E-state index in [-0.39, 0.29) is 0 Å². The maximum absolute atomic E-state index is 12.1. The lowest BCUT2D eigenvalue weighted by Gasteiger charge is -1.99. The maximum atomic E-state index is 12.1. The molecule has 1 N–H and O–H groups in total. The minimum Gasteiger partial charge on any atom is -0.277 e. The average molecular weight is 192 g/mol. The highest BCUT2D eigenvalue weighted by molar-refractivity contribution is 7.19. The van der Waals surface area contributed by atoms with Crippen LogP contribution in [0, 0.1) is 0 Å². The molecule has 0 atom stereocenters. The predicted molar refractivity (Wildman–Crippen MR) is 39.0 cm³/mol. The first-order valence-corrected chi connectivity index (χ1v) is 3.89. The van der Waals surface area contributed by atoms with Gasteiger partial charge in [0, 0.05) is 0 Å². The van der Waals surface area contributed by atoms with Gasteiger partial charge in [-0.3, -0.25) is 5.10 Å². The summed E-state index contributed by atoms with van der Waals surface area (Å²) in [7, 11) is 0. The molecule has 64 valence electrons. The van der Waals surface area contributed by atoms with Crippen molar-refractivity contribution in [3.8, 4) is 0 Å². The zero-order valence-electron chi connectivity index (χ0n) is 5.64. The van der Waals surface area contributed by atoms with E-state index in [1.165, 1.54) is 6.20 Å². The fourth-order valence-electron chi connectivity index (χ4n) is 0.889. The Morgan fingerprint density at radius 1 is 1.42 bits per heavy atom. The summed E-state index contributed by atoms with van der Waals surface area (Å²) >= 11 is 0.692. The molecule has 2 aromatic heterocycles. The van der Waals surface area contributed by atoms with Crippen molar-refractivity contribution < 1.29 is 13.2 Å². The second-order valence-electron chi connectivity index (χ2n) is 2.26. The van der Waals surface area contributed by atoms with Crippen LogP contribution in [0.5, 0.6) is 0 Å². The van der Waals surface area contributed by atoms with Crippen LogP contribution in [0.1, 0.15) is 4.88 Å². The second kappa shape index (κ2) is 2.22. The van der Waals surface area contributed by atoms with Crippen LogP contribution in [-0.2, 0) is 6.18 Å². The van der Waals surface area contributed by atoms with Crippen LogP contribution >= 0.6 is 11.3 Å². The lowest BCUT2D eigenvalue weighted by molar-refractivity contribution is -0.134. The Morgan fingerprint density at radius 2 is 2.17 bits per heavy atom. The number of hydrogen-bond acceptors (Lipinski definition) is 2. The minimum atomic E-state index is -4.25. The third kappa shape index (κ3) is 1.08. The predicted octanol–water partition coefficient (Wildman–Crippen LogP) is 2.64. The number of H-pyrrole nitrogens is 1. The Kier molecular flexibility index (Phi) is 1.41. The summed E-state index contributed by atoms with van der Waals surface area (Å²) in [6, 6.07) is 1.06. The fraction of sp³-hybridized carbons (Fsp3) is 0.167. The third-order valence-corrected chi connectivity index (χ3v) is 2.52. The van der Waals surface area contributed by atoms with Crippen LogP contribution in [0.2, 0.25) is 0 Å². The summed E-state index contributed by atoms with van der Waals surface area (Å²) in [5.74, 6) is 0. The van der Waals surface area contributed by atoms with E-state index in [0.717, 1.165) is 6.07 Å². The lowest BCUT2D eigenvalue weighted by Crippen LogP contribution is -2.00. The zero-order chi connectivity index (χ0) is 8.77. The van der Waals surface area contributed by atoms with Crippen molar-refractivity contribution in [3.05, 3.63) is 17.1 Å². The molecule has 2 nitrogen and oxygen atoms in total. The number of aromatic nitrogens is 2. The van der Waals surface area contributed by atoms with Gasteiger partial charge in [-0.25, -0.2) is 0 Å². The molecule has 0 saturated heterocycles. The van der Waals surface area contributed by atoms with Crippen molar-refractivity contribution in [1.82, 2.24) is 10.2 Å². The van der Waals surface area contributed by atoms with Crippen LogP contribution in [-0.4, -0.2) is 10.2 Å². The summed E-state index contributed by atoms with van der Waals surface area (Å²) in [5, 5.41) is 6.07. The molecule has 0 unspecified atom stereocenters. The Bertz CT molecular complexity index is 371. The van der Waals surface area contributed by atoms with E-state index in [0.29, 0.717) is 21.6 Å². The first kappa shape index (κ1) is 7.60. The average Bonchev–Trinajstić information content (AvgIpc) is 2.37. The molecular weight excluding hydrogens is 189 g/mol. The molecule has 0 aliphatic carbocycles. The molecule has 2 heterocycles. The van der Waals surface area contributed by atoms with Crippen molar-refractivity contribution in [2.45, 2.75) is 6.18 Å². The standard InChI is InChI=1S/C6H3F3N2S/c7-6(8,9)5-1-3-4(12-5)2-10-11-3/h1-2H,(H,10,11). The van der Waals surface area contributed by atoms with Gasteiger partial charge in [0.1, 0.15) is 4.88 Å². The summed E-state index contributed by atoms with van der Waals surface area (Å²) in [6.45, 7) is 0. The Hall–Kier alpha value is -1.04. The Balaban J connectivity index is 2.59. The highest BCUT2D eigenvalue weighted by Gasteiger charge is 2.32. The molecule has 0 amide bonds. The largest absolute Gasteiger partial charge is 0.425 e. The van der Waals surface area contributed by atoms with E-state index in [1.54, 1.807) is 0 Å². The Labute approximate surface area is 69.0 Å². The normalized spacial score (nSPS) is 12.6. The van der Waals surface area contributed by atoms with Crippen LogP contribution in [0.25, 0.3) is 10.2 Å². The van der Waals surface area contributed by atoms with Gasteiger partial charge in [-0.2, -0.15) is 18.3 Å². The van der Waals surface area contributed by atoms with Crippen molar-refractivity contribution in [2.75, 3.05) is 0 Å². The molecule has 2 rings (SSSR count). The van der Waals surface area contributed by atoms with Crippen LogP contribution < -0.4 is 0 Å². The SMILES string of the molecule is FC(F)(F)c1cc2[nH]ncc2s1. The molecule has 0 aliphatic rings. The third-order valence-electron chi connectivity index (χ3n) is 1.41. The summed E-state index contributed by atoms with van der Waals surface area (Å²) in [4.78, 5) is -0.592. The lowest BCUT2D eigenvalue weighted by atomic mass is 10.4. The fourth-order valence-corrected chi connectivity index (χ4v) is 1.74. The number of hydrogen-bond donors (Lipinski definition) is 1. The molecule has 2 aromatic rings. The maximum Gasteiger partial charge on any atom is 0.425 e. The van der Waals surface area contributed by atoms with Gasteiger partial charge in [-0.05, 0) is 6.07 Å². The van der Waals surface area contributed by atoms with E-state index in [1.807, 2.05) is 0 Å². The minimum absolute atomic E-state index is 0.437. The summed E-state index contributed by atoms with van der Waals surface area (Å²) in [6.07, 6.45) is -2.86. The first-order chi connectivity index (χ1) is 5.57. The molecule has 0 radical (unpaired) electrons. The van der Waals surface area contributed by atoms with Gasteiger partial charge in [0.25, 0.3) is 0 Å². The molecule has 6 heteroatoms. The van der Waals surface area contributed by atoms with E-state index >= 15 is 0 Å². The smallest absolute Gasteiger partial charge is 0.277 e. The number of halogens is 3. The van der Waals surface area contributed by atoms with Crippen molar-refractivity contribution in [1.29, 1.82) is 0 Å². The van der Waals surface area contributed by atoms with E-state index < -0.39 is 11.1 Å². The van der Waals surface area contributed by atoms with Gasteiger partial charge in [0.15, 0.2) is 0 Å². The second-order valence-corrected chi connectivity index (χ2v) is 3.34. The number of nitrogens with zero attached hydrogens (tertiary/aromatic N) is 1. The molecule has 0 bridgehead atoms. The zero-order valence-corrected chi connectivity index (χ0v) is 6.46. The molecular formula is C6H3F3N2S. The van der Waals surface area contributed by atoms with Crippen molar-refractivity contribution >= 4 is 21.6 Å². The van der Waals surface area contributed by atoms with E-state index in [2.05, 4.69) is 10.2 Å². The van der Waals surface area contributed by atoms with Gasteiger partial charge in [-0.1, -0.05) is 0 Å². The monoisotopic (exact) mass is 192 g/mol. The van der Waals surface area contributed by atoms with Crippen LogP contribution in [0.15, 0.2) is 12.3 Å². The quantitative estimate of drug-likeness (QED) is 0.682. The van der Waals surface area contributed by atoms with Crippen molar-refractivity contribution in [3.63, 3.8) is 0 Å². The first-order valence-electron chi connectivity index (χ1n) is 3.07. The number of aromatic amines is 1. The molecule has 0 aromatic carbocycles. The van der Waals surface area contributed by atoms with Gasteiger partial charge >= 0.3 is 6.18 Å². The summed E-state index contributed by atoms with van der Waals surface area (Å²) < 4.78 is 36.8. The van der Waals surface area contributed by atoms with Gasteiger partial charge < -0.3 is 0 Å². The molecule has 0 aliphatic heterocycles. The number of alkyl halides is 3. The van der Waals surface area contributed by atoms with Crippen LogP contribution in [0.3, 0.4) is 0 Å². The topological polar surface area (TPSA) is 28.7 Å². The Morgan fingerprint density at radius 3 is 2.75 bits per heavy atom. The van der Waals surface area contributed by atoms with Gasteiger partial charge in [0.05, 0.1) is 16.4 Å². The highest BCUT2D eigenvalue weighted by atomic mass is 32.1. The molecule has 12 heavy (non-hydrogen) atoms. The summed E-state index contributed by atoms with van der Waals surface area (Å²) in [5.41, 5.74) is 0.437. The van der Waals surface area contributed by atoms with E-state index in [9.17, 15) is 13.2 Å². The van der Waals surface area contributed by atoms with Gasteiger partial charge in [-0.15, -0.1) is 11.3 Å². The van der Waals surface area contributed by atoms with Gasteiger partial charge in [0.2, 0.25) is 0 Å². The number of thiophene rings is 1. The highest BCUT2D eigenvalue weighted by Crippen LogP contribution is 2.36. The molecule has 0 spiro atoms. The van der Waals surface area contributed by atoms with E-state index in [4.69, 9.17) is 0 Å². The van der Waals surface area contributed by atoms with Crippen LogP contribution in [0.4, 0.5) is 13.2 Å². The molecule has 0 fully saturated rings. The number of rotatable bonds is 0. The van der Waals surface area contributed by atoms with Crippen molar-refractivity contribution in [2.24, 2.45) is 0 Å².